The Morgan fingerprint density at radius 2 is 1.83 bits per heavy atom. The zero-order valence-corrected chi connectivity index (χ0v) is 19.6. The lowest BCUT2D eigenvalue weighted by molar-refractivity contribution is -0.307. The predicted molar refractivity (Wildman–Crippen MR) is 125 cm³/mol. The second kappa shape index (κ2) is 11.7. The maximum absolute atomic E-state index is 12.9. The van der Waals surface area contributed by atoms with Gasteiger partial charge in [0.1, 0.15) is 18.2 Å². The number of aromatic nitrogens is 2. The molecular weight excluding hydrogens is 459 g/mol. The zero-order valence-electron chi connectivity index (χ0n) is 19.6. The number of ether oxygens (including phenoxy) is 1. The molecule has 3 rings (SSSR count). The third-order valence-corrected chi connectivity index (χ3v) is 5.46. The number of carboxylic acids is 1. The second-order valence-corrected chi connectivity index (χ2v) is 8.07. The summed E-state index contributed by atoms with van der Waals surface area (Å²) in [6, 6.07) is 10.5. The number of benzene rings is 2. The van der Waals surface area contributed by atoms with Crippen LogP contribution in [0.25, 0.3) is 11.3 Å². The molecule has 9 heteroatoms. The van der Waals surface area contributed by atoms with Crippen molar-refractivity contribution in [2.45, 2.75) is 45.8 Å². The van der Waals surface area contributed by atoms with Crippen molar-refractivity contribution < 1.29 is 27.8 Å². The molecule has 0 spiro atoms. The molecule has 0 bridgehead atoms. The van der Waals surface area contributed by atoms with Gasteiger partial charge in [0.05, 0.1) is 29.6 Å². The lowest BCUT2D eigenvalue weighted by Gasteiger charge is -2.24. The molecule has 2 aromatic carbocycles. The van der Waals surface area contributed by atoms with Crippen LogP contribution in [0.3, 0.4) is 0 Å². The molecule has 186 valence electrons. The number of hydrogen-bond donors (Lipinski definition) is 0. The van der Waals surface area contributed by atoms with Gasteiger partial charge >= 0.3 is 6.18 Å². The minimum Gasteiger partial charge on any atom is -0.546 e. The van der Waals surface area contributed by atoms with E-state index in [0.29, 0.717) is 42.3 Å². The lowest BCUT2D eigenvalue weighted by atomic mass is 10.1. The molecule has 6 nitrogen and oxygen atoms in total. The third kappa shape index (κ3) is 7.18. The number of anilines is 1. The summed E-state index contributed by atoms with van der Waals surface area (Å²) in [4.78, 5) is 21.8. The van der Waals surface area contributed by atoms with Gasteiger partial charge in [-0.3, -0.25) is 4.98 Å². The van der Waals surface area contributed by atoms with E-state index in [4.69, 9.17) is 4.74 Å². The Hall–Kier alpha value is -3.62. The van der Waals surface area contributed by atoms with E-state index >= 15 is 0 Å². The largest absolute Gasteiger partial charge is 0.546 e. The van der Waals surface area contributed by atoms with Crippen LogP contribution in [0.15, 0.2) is 54.9 Å². The summed E-state index contributed by atoms with van der Waals surface area (Å²) in [7, 11) is 0. The van der Waals surface area contributed by atoms with Crippen LogP contribution in [0.2, 0.25) is 0 Å². The number of unbranched alkanes of at least 4 members (excludes halogenated alkanes) is 1. The minimum absolute atomic E-state index is 0.484. The Labute approximate surface area is 202 Å². The molecule has 0 N–H and O–H groups in total. The topological polar surface area (TPSA) is 78.4 Å². The average molecular weight is 487 g/mol. The molecule has 0 saturated heterocycles. The smallest absolute Gasteiger partial charge is 0.416 e. The van der Waals surface area contributed by atoms with Crippen LogP contribution in [0.1, 0.15) is 43.4 Å². The fourth-order valence-electron chi connectivity index (χ4n) is 3.61. The first-order chi connectivity index (χ1) is 16.7. The number of nitrogens with zero attached hydrogens (tertiary/aromatic N) is 3. The molecule has 0 aliphatic carbocycles. The molecule has 1 aromatic heterocycles. The van der Waals surface area contributed by atoms with Gasteiger partial charge in [0.25, 0.3) is 0 Å². The van der Waals surface area contributed by atoms with Gasteiger partial charge in [-0.1, -0.05) is 44.5 Å². The van der Waals surface area contributed by atoms with E-state index in [1.165, 1.54) is 18.3 Å². The van der Waals surface area contributed by atoms with Gasteiger partial charge in [0.2, 0.25) is 0 Å². The quantitative estimate of drug-likeness (QED) is 0.392. The second-order valence-electron chi connectivity index (χ2n) is 8.07. The fraction of sp³-hybridized carbons (Fsp3) is 0.346. The first kappa shape index (κ1) is 26.0. The Morgan fingerprint density at radius 3 is 2.46 bits per heavy atom. The SMILES string of the molecule is CCCCN(Cc1ccc(OCC(=O)[O-])c(CC)c1)c1cncc(-c2ccc(C(F)(F)F)cc2)n1. The number of rotatable bonds is 11. The number of carbonyl (C=O) groups is 1. The summed E-state index contributed by atoms with van der Waals surface area (Å²) in [5.74, 6) is -0.163. The molecule has 1 heterocycles. The number of hydrogen-bond acceptors (Lipinski definition) is 6. The number of carboxylic acid groups (broad SMARTS) is 1. The average Bonchev–Trinajstić information content (AvgIpc) is 2.85. The first-order valence-corrected chi connectivity index (χ1v) is 11.4. The van der Waals surface area contributed by atoms with E-state index in [1.54, 1.807) is 12.3 Å². The van der Waals surface area contributed by atoms with Crippen LogP contribution in [0.4, 0.5) is 19.0 Å². The molecule has 0 atom stereocenters. The van der Waals surface area contributed by atoms with Gasteiger partial charge in [-0.25, -0.2) is 4.98 Å². The van der Waals surface area contributed by atoms with Crippen molar-refractivity contribution in [3.8, 4) is 17.0 Å². The van der Waals surface area contributed by atoms with Crippen LogP contribution in [0, 0.1) is 0 Å². The maximum atomic E-state index is 12.9. The third-order valence-electron chi connectivity index (χ3n) is 5.46. The molecule has 0 saturated carbocycles. The Balaban J connectivity index is 1.85. The summed E-state index contributed by atoms with van der Waals surface area (Å²) in [6.45, 7) is 4.77. The number of carbonyl (C=O) groups excluding carboxylic acids is 1. The van der Waals surface area contributed by atoms with Crippen molar-refractivity contribution >= 4 is 11.8 Å². The Morgan fingerprint density at radius 1 is 1.09 bits per heavy atom. The van der Waals surface area contributed by atoms with Crippen molar-refractivity contribution in [2.75, 3.05) is 18.1 Å². The normalized spacial score (nSPS) is 11.3. The van der Waals surface area contributed by atoms with Crippen molar-refractivity contribution in [1.29, 1.82) is 0 Å². The van der Waals surface area contributed by atoms with Crippen molar-refractivity contribution in [2.24, 2.45) is 0 Å². The molecule has 0 fully saturated rings. The van der Waals surface area contributed by atoms with Crippen LogP contribution in [-0.4, -0.2) is 29.1 Å². The molecule has 0 unspecified atom stereocenters. The van der Waals surface area contributed by atoms with Crippen LogP contribution >= 0.6 is 0 Å². The van der Waals surface area contributed by atoms with E-state index in [2.05, 4.69) is 21.8 Å². The highest BCUT2D eigenvalue weighted by Crippen LogP contribution is 2.31. The molecular formula is C26H27F3N3O3-. The van der Waals surface area contributed by atoms with Gasteiger partial charge < -0.3 is 19.5 Å². The number of halogens is 3. The highest BCUT2D eigenvalue weighted by Gasteiger charge is 2.30. The first-order valence-electron chi connectivity index (χ1n) is 11.4. The van der Waals surface area contributed by atoms with Crippen LogP contribution in [0.5, 0.6) is 5.75 Å². The summed E-state index contributed by atoms with van der Waals surface area (Å²) >= 11 is 0. The van der Waals surface area contributed by atoms with Crippen molar-refractivity contribution in [1.82, 2.24) is 9.97 Å². The van der Waals surface area contributed by atoms with Crippen molar-refractivity contribution in [3.05, 3.63) is 71.5 Å². The zero-order chi connectivity index (χ0) is 25.4. The van der Waals surface area contributed by atoms with E-state index in [1.807, 2.05) is 19.1 Å². The fourth-order valence-corrected chi connectivity index (χ4v) is 3.61. The monoisotopic (exact) mass is 486 g/mol. The minimum atomic E-state index is -4.40. The van der Waals surface area contributed by atoms with E-state index in [-0.39, 0.29) is 0 Å². The number of alkyl halides is 3. The van der Waals surface area contributed by atoms with Crippen LogP contribution < -0.4 is 14.7 Å². The highest BCUT2D eigenvalue weighted by molar-refractivity contribution is 5.66. The predicted octanol–water partition coefficient (Wildman–Crippen LogP) is 4.66. The summed E-state index contributed by atoms with van der Waals surface area (Å²) in [6.07, 6.45) is 1.32. The summed E-state index contributed by atoms with van der Waals surface area (Å²) in [5, 5.41) is 10.7. The molecule has 0 aliphatic rings. The van der Waals surface area contributed by atoms with Gasteiger partial charge in [0, 0.05) is 18.7 Å². The molecule has 35 heavy (non-hydrogen) atoms. The van der Waals surface area contributed by atoms with E-state index in [9.17, 15) is 23.1 Å². The highest BCUT2D eigenvalue weighted by atomic mass is 19.4. The molecule has 3 aromatic rings. The summed E-state index contributed by atoms with van der Waals surface area (Å²) in [5.41, 5.74) is 2.18. The number of aryl methyl sites for hydroxylation is 1. The molecule has 0 amide bonds. The van der Waals surface area contributed by atoms with Gasteiger partial charge in [-0.05, 0) is 42.2 Å². The van der Waals surface area contributed by atoms with Gasteiger partial charge in [0.15, 0.2) is 0 Å². The van der Waals surface area contributed by atoms with Gasteiger partial charge in [-0.2, -0.15) is 13.2 Å². The molecule has 0 aliphatic heterocycles. The van der Waals surface area contributed by atoms with E-state index in [0.717, 1.165) is 36.1 Å². The van der Waals surface area contributed by atoms with Crippen LogP contribution in [-0.2, 0) is 23.9 Å². The number of aliphatic carboxylic acids is 1. The Bertz CT molecular complexity index is 1130. The maximum Gasteiger partial charge on any atom is 0.416 e. The van der Waals surface area contributed by atoms with Crippen molar-refractivity contribution in [3.63, 3.8) is 0 Å². The Kier molecular flexibility index (Phi) is 8.68. The van der Waals surface area contributed by atoms with E-state index < -0.39 is 24.3 Å². The summed E-state index contributed by atoms with van der Waals surface area (Å²) < 4.78 is 44.0. The molecule has 0 radical (unpaired) electrons. The standard InChI is InChI=1S/C26H28F3N3O3/c1-3-5-12-32(16-18-6-11-23(19(4-2)13-18)35-17-25(33)34)24-15-30-14-22(31-24)20-7-9-21(10-8-20)26(27,28)29/h6-11,13-15H,3-5,12,16-17H2,1-2H3,(H,33,34)/p-1. The lowest BCUT2D eigenvalue weighted by Crippen LogP contribution is -2.29. The van der Waals surface area contributed by atoms with Gasteiger partial charge in [-0.15, -0.1) is 0 Å².